The largest absolute Gasteiger partial charge is 0.287 e. The smallest absolute Gasteiger partial charge is 0.263 e. The van der Waals surface area contributed by atoms with Gasteiger partial charge in [0.25, 0.3) is 10.0 Å². The average molecular weight is 252 g/mol. The Kier molecular flexibility index (Phi) is 3.37. The number of nitrogens with zero attached hydrogens (tertiary/aromatic N) is 1. The molecule has 1 aromatic carbocycles. The van der Waals surface area contributed by atoms with Crippen LogP contribution in [-0.4, -0.2) is 20.0 Å². The number of nitrogens with one attached hydrogen (secondary N) is 1. The van der Waals surface area contributed by atoms with E-state index in [1.54, 1.807) is 31.5 Å². The quantitative estimate of drug-likeness (QED) is 0.836. The van der Waals surface area contributed by atoms with Crippen LogP contribution in [0.25, 0.3) is 10.8 Å². The van der Waals surface area contributed by atoms with Crippen LogP contribution in [0.4, 0.5) is 0 Å². The highest BCUT2D eigenvalue weighted by Crippen LogP contribution is 2.21. The second-order valence-corrected chi connectivity index (χ2v) is 4.99. The molecule has 6 heteroatoms. The summed E-state index contributed by atoms with van der Waals surface area (Å²) in [6.45, 7) is 1.97. The molecule has 0 bridgehead atoms. The van der Waals surface area contributed by atoms with E-state index in [4.69, 9.17) is 4.84 Å². The van der Waals surface area contributed by atoms with Crippen LogP contribution in [-0.2, 0) is 14.9 Å². The first-order valence-electron chi connectivity index (χ1n) is 5.11. The highest BCUT2D eigenvalue weighted by molar-refractivity contribution is 7.89. The van der Waals surface area contributed by atoms with Gasteiger partial charge in [-0.25, -0.2) is 8.42 Å². The van der Waals surface area contributed by atoms with E-state index in [1.807, 2.05) is 6.07 Å². The molecule has 1 N–H and O–H groups in total. The van der Waals surface area contributed by atoms with Gasteiger partial charge in [-0.3, -0.25) is 9.82 Å². The Hall–Kier alpha value is -1.50. The van der Waals surface area contributed by atoms with Crippen molar-refractivity contribution in [3.8, 4) is 0 Å². The lowest BCUT2D eigenvalue weighted by atomic mass is 10.2. The molecule has 5 nitrogen and oxygen atoms in total. The van der Waals surface area contributed by atoms with Crippen LogP contribution in [0.3, 0.4) is 0 Å². The molecule has 0 fully saturated rings. The zero-order valence-corrected chi connectivity index (χ0v) is 10.1. The number of sulfonamides is 1. The predicted molar refractivity (Wildman–Crippen MR) is 63.7 cm³/mol. The highest BCUT2D eigenvalue weighted by Gasteiger charge is 2.16. The third-order valence-corrected chi connectivity index (χ3v) is 3.52. The molecular weight excluding hydrogens is 240 g/mol. The topological polar surface area (TPSA) is 68.3 Å². The molecule has 0 aliphatic carbocycles. The Morgan fingerprint density at radius 1 is 1.35 bits per heavy atom. The number of benzene rings is 1. The number of hydrogen-bond acceptors (Lipinski definition) is 4. The first-order valence-corrected chi connectivity index (χ1v) is 6.60. The van der Waals surface area contributed by atoms with Crippen molar-refractivity contribution in [2.75, 3.05) is 6.61 Å². The van der Waals surface area contributed by atoms with Crippen molar-refractivity contribution >= 4 is 20.8 Å². The van der Waals surface area contributed by atoms with Gasteiger partial charge in [-0.05, 0) is 19.1 Å². The fraction of sp³-hybridized carbons (Fsp3) is 0.182. The maximum Gasteiger partial charge on any atom is 0.263 e. The van der Waals surface area contributed by atoms with E-state index in [1.165, 1.54) is 6.07 Å². The van der Waals surface area contributed by atoms with Crippen molar-refractivity contribution in [2.45, 2.75) is 11.8 Å². The van der Waals surface area contributed by atoms with Crippen LogP contribution in [0.15, 0.2) is 41.6 Å². The minimum absolute atomic E-state index is 0.186. The van der Waals surface area contributed by atoms with Gasteiger partial charge in [-0.15, -0.1) is 0 Å². The van der Waals surface area contributed by atoms with E-state index in [2.05, 4.69) is 9.87 Å². The number of fused-ring (bicyclic) bond motifs is 1. The van der Waals surface area contributed by atoms with E-state index in [9.17, 15) is 8.42 Å². The fourth-order valence-corrected chi connectivity index (χ4v) is 2.60. The zero-order valence-electron chi connectivity index (χ0n) is 9.25. The van der Waals surface area contributed by atoms with Crippen LogP contribution in [0.5, 0.6) is 0 Å². The Balaban J connectivity index is 2.55. The average Bonchev–Trinajstić information content (AvgIpc) is 2.36. The molecule has 2 rings (SSSR count). The molecule has 17 heavy (non-hydrogen) atoms. The summed E-state index contributed by atoms with van der Waals surface area (Å²) in [6.07, 6.45) is 3.18. The van der Waals surface area contributed by atoms with Gasteiger partial charge < -0.3 is 0 Å². The van der Waals surface area contributed by atoms with Crippen LogP contribution in [0.2, 0.25) is 0 Å². The summed E-state index contributed by atoms with van der Waals surface area (Å²) < 4.78 is 23.9. The van der Waals surface area contributed by atoms with Gasteiger partial charge in [0.05, 0.1) is 11.5 Å². The second-order valence-electron chi connectivity index (χ2n) is 3.37. The summed E-state index contributed by atoms with van der Waals surface area (Å²) in [7, 11) is -3.65. The lowest BCUT2D eigenvalue weighted by Gasteiger charge is -2.08. The molecule has 90 valence electrons. The number of hydrogen-bond donors (Lipinski definition) is 1. The minimum atomic E-state index is -3.65. The fourth-order valence-electron chi connectivity index (χ4n) is 1.51. The van der Waals surface area contributed by atoms with Crippen LogP contribution < -0.4 is 4.89 Å². The van der Waals surface area contributed by atoms with Crippen molar-refractivity contribution in [1.82, 2.24) is 9.87 Å². The molecule has 2 aromatic rings. The molecule has 0 spiro atoms. The van der Waals surface area contributed by atoms with Gasteiger partial charge in [0, 0.05) is 23.2 Å². The number of aromatic nitrogens is 1. The summed E-state index contributed by atoms with van der Waals surface area (Å²) >= 11 is 0. The normalized spacial score (nSPS) is 11.8. The Bertz CT molecular complexity index is 620. The molecule has 0 saturated heterocycles. The minimum Gasteiger partial charge on any atom is -0.287 e. The molecule has 0 saturated carbocycles. The van der Waals surface area contributed by atoms with Crippen LogP contribution >= 0.6 is 0 Å². The van der Waals surface area contributed by atoms with E-state index in [0.717, 1.165) is 5.39 Å². The first-order chi connectivity index (χ1) is 8.15. The molecule has 0 radical (unpaired) electrons. The van der Waals surface area contributed by atoms with Crippen molar-refractivity contribution in [2.24, 2.45) is 0 Å². The Labute approximate surface area is 99.4 Å². The number of rotatable bonds is 4. The summed E-state index contributed by atoms with van der Waals surface area (Å²) in [5.41, 5.74) is 0. The third kappa shape index (κ3) is 2.44. The SMILES string of the molecule is CCONS(=O)(=O)c1cccc2cnccc12. The summed E-state index contributed by atoms with van der Waals surface area (Å²) in [4.78, 5) is 11.0. The molecule has 0 aliphatic rings. The molecule has 0 aliphatic heterocycles. The van der Waals surface area contributed by atoms with Gasteiger partial charge in [-0.1, -0.05) is 17.0 Å². The monoisotopic (exact) mass is 252 g/mol. The van der Waals surface area contributed by atoms with Crippen LogP contribution in [0, 0.1) is 0 Å². The third-order valence-electron chi connectivity index (χ3n) is 2.24. The molecule has 1 aromatic heterocycles. The lowest BCUT2D eigenvalue weighted by Crippen LogP contribution is -2.24. The van der Waals surface area contributed by atoms with Gasteiger partial charge in [0.15, 0.2) is 0 Å². The summed E-state index contributed by atoms with van der Waals surface area (Å²) in [5, 5.41) is 1.39. The Morgan fingerprint density at radius 2 is 2.18 bits per heavy atom. The molecule has 0 atom stereocenters. The maximum absolute atomic E-state index is 11.9. The Morgan fingerprint density at radius 3 is 2.94 bits per heavy atom. The predicted octanol–water partition coefficient (Wildman–Crippen LogP) is 1.46. The van der Waals surface area contributed by atoms with Crippen LogP contribution in [0.1, 0.15) is 6.92 Å². The lowest BCUT2D eigenvalue weighted by molar-refractivity contribution is 0.105. The molecule has 0 unspecified atom stereocenters. The van der Waals surface area contributed by atoms with E-state index in [0.29, 0.717) is 5.39 Å². The molecule has 1 heterocycles. The van der Waals surface area contributed by atoms with Crippen molar-refractivity contribution < 1.29 is 13.3 Å². The summed E-state index contributed by atoms with van der Waals surface area (Å²) in [5.74, 6) is 0. The first kappa shape index (κ1) is 12.0. The van der Waals surface area contributed by atoms with Gasteiger partial charge in [-0.2, -0.15) is 0 Å². The van der Waals surface area contributed by atoms with E-state index in [-0.39, 0.29) is 11.5 Å². The maximum atomic E-state index is 11.9. The zero-order chi connectivity index (χ0) is 12.3. The molecule has 0 amide bonds. The van der Waals surface area contributed by atoms with E-state index >= 15 is 0 Å². The highest BCUT2D eigenvalue weighted by atomic mass is 32.2. The second kappa shape index (κ2) is 4.79. The number of pyridine rings is 1. The van der Waals surface area contributed by atoms with E-state index < -0.39 is 10.0 Å². The van der Waals surface area contributed by atoms with Gasteiger partial charge >= 0.3 is 0 Å². The van der Waals surface area contributed by atoms with Crippen molar-refractivity contribution in [3.63, 3.8) is 0 Å². The van der Waals surface area contributed by atoms with Gasteiger partial charge in [0.1, 0.15) is 0 Å². The van der Waals surface area contributed by atoms with Crippen molar-refractivity contribution in [3.05, 3.63) is 36.7 Å². The standard InChI is InChI=1S/C11H12N2O3S/c1-2-16-13-17(14,15)11-5-3-4-9-8-12-7-6-10(9)11/h3-8,13H,2H2,1H3. The summed E-state index contributed by atoms with van der Waals surface area (Å²) in [6, 6.07) is 6.67. The van der Waals surface area contributed by atoms with Gasteiger partial charge in [0.2, 0.25) is 0 Å². The van der Waals surface area contributed by atoms with Crippen molar-refractivity contribution in [1.29, 1.82) is 0 Å². The molecular formula is C11H12N2O3S.